The Morgan fingerprint density at radius 3 is 2.67 bits per heavy atom. The van der Waals surface area contributed by atoms with Gasteiger partial charge < -0.3 is 10.2 Å². The van der Waals surface area contributed by atoms with Gasteiger partial charge in [-0.15, -0.1) is 11.6 Å². The van der Waals surface area contributed by atoms with E-state index in [1.807, 2.05) is 0 Å². The lowest BCUT2D eigenvalue weighted by Crippen LogP contribution is -2.48. The van der Waals surface area contributed by atoms with E-state index in [2.05, 4.69) is 24.5 Å². The molecule has 1 fully saturated rings. The van der Waals surface area contributed by atoms with Gasteiger partial charge >= 0.3 is 0 Å². The van der Waals surface area contributed by atoms with Crippen molar-refractivity contribution >= 4 is 34.2 Å². The monoisotopic (exact) mass is 411 g/mol. The number of rotatable bonds is 7. The maximum absolute atomic E-state index is 13.0. The van der Waals surface area contributed by atoms with Crippen molar-refractivity contribution < 1.29 is 9.18 Å². The molecule has 1 N–H and O–H groups in total. The fourth-order valence-electron chi connectivity index (χ4n) is 2.87. The summed E-state index contributed by atoms with van der Waals surface area (Å²) in [5, 5.41) is 3.26. The molecule has 0 spiro atoms. The first-order valence-electron chi connectivity index (χ1n) is 8.97. The average molecular weight is 412 g/mol. The van der Waals surface area contributed by atoms with Crippen LogP contribution in [-0.4, -0.2) is 64.8 Å². The summed E-state index contributed by atoms with van der Waals surface area (Å²) in [6.07, 6.45) is 0.607. The van der Waals surface area contributed by atoms with Gasteiger partial charge in [0, 0.05) is 57.2 Å². The number of hydrogen-bond acceptors (Lipinski definition) is 6. The van der Waals surface area contributed by atoms with E-state index in [4.69, 9.17) is 11.6 Å². The minimum absolute atomic E-state index is 0.127. The Morgan fingerprint density at radius 1 is 1.30 bits per heavy atom. The van der Waals surface area contributed by atoms with E-state index >= 15 is 0 Å². The predicted octanol–water partition coefficient (Wildman–Crippen LogP) is 2.13. The number of nitrogens with zero attached hydrogens (tertiary/aromatic N) is 4. The highest BCUT2D eigenvalue weighted by Gasteiger charge is 2.20. The van der Waals surface area contributed by atoms with Crippen LogP contribution >= 0.6 is 23.1 Å². The summed E-state index contributed by atoms with van der Waals surface area (Å²) in [4.78, 5) is 20.7. The third-order valence-corrected chi connectivity index (χ3v) is 5.48. The summed E-state index contributed by atoms with van der Waals surface area (Å²) < 4.78 is 17.4. The fraction of sp³-hybridized carbons (Fsp3) is 0.500. The number of amides is 1. The third kappa shape index (κ3) is 5.85. The molecule has 27 heavy (non-hydrogen) atoms. The lowest BCUT2D eigenvalue weighted by Gasteiger charge is -2.34. The number of hydrogen-bond donors (Lipinski definition) is 1. The number of anilines is 1. The van der Waals surface area contributed by atoms with Gasteiger partial charge in [0.25, 0.3) is 0 Å². The van der Waals surface area contributed by atoms with Crippen LogP contribution in [0.5, 0.6) is 0 Å². The van der Waals surface area contributed by atoms with Crippen molar-refractivity contribution in [2.45, 2.75) is 18.7 Å². The number of halogens is 2. The summed E-state index contributed by atoms with van der Waals surface area (Å²) in [6.45, 7) is 6.68. The summed E-state index contributed by atoms with van der Waals surface area (Å²) in [7, 11) is 0. The van der Waals surface area contributed by atoms with Crippen molar-refractivity contribution in [3.05, 3.63) is 41.5 Å². The summed E-state index contributed by atoms with van der Waals surface area (Å²) in [6, 6.07) is 6.44. The molecule has 2 heterocycles. The maximum Gasteiger partial charge on any atom is 0.237 e. The molecule has 0 radical (unpaired) electrons. The Hall–Kier alpha value is -1.77. The molecule has 6 nitrogen and oxygen atoms in total. The molecular weight excluding hydrogens is 389 g/mol. The van der Waals surface area contributed by atoms with Gasteiger partial charge in [0.05, 0.1) is 0 Å². The standard InChI is InChI=1S/C18H23ClFN5OS/c1-13(19)17(26)21-6-7-24-8-10-25(11-9-24)18-22-16(23-27-18)12-14-2-4-15(20)5-3-14/h2-5,13H,6-12H2,1H3,(H,21,26). The number of piperazine rings is 1. The maximum atomic E-state index is 13.0. The Morgan fingerprint density at radius 2 is 2.00 bits per heavy atom. The highest BCUT2D eigenvalue weighted by Crippen LogP contribution is 2.20. The van der Waals surface area contributed by atoms with Crippen LogP contribution in [0.1, 0.15) is 18.3 Å². The van der Waals surface area contributed by atoms with Crippen molar-refractivity contribution in [3.63, 3.8) is 0 Å². The molecule has 1 amide bonds. The highest BCUT2D eigenvalue weighted by atomic mass is 35.5. The summed E-state index contributed by atoms with van der Waals surface area (Å²) in [5.74, 6) is 0.403. The molecule has 1 aliphatic heterocycles. The van der Waals surface area contributed by atoms with Crippen molar-refractivity contribution in [1.29, 1.82) is 0 Å². The van der Waals surface area contributed by atoms with Crippen LogP contribution in [0.3, 0.4) is 0 Å². The van der Waals surface area contributed by atoms with E-state index in [0.717, 1.165) is 49.2 Å². The second-order valence-corrected chi connectivity index (χ2v) is 7.92. The molecule has 9 heteroatoms. The van der Waals surface area contributed by atoms with Gasteiger partial charge in [-0.2, -0.15) is 4.37 Å². The average Bonchev–Trinajstić information content (AvgIpc) is 3.12. The Labute approximate surface area is 167 Å². The number of carbonyl (C=O) groups is 1. The first kappa shape index (κ1) is 20.0. The first-order valence-corrected chi connectivity index (χ1v) is 10.2. The van der Waals surface area contributed by atoms with Crippen LogP contribution in [-0.2, 0) is 11.2 Å². The van der Waals surface area contributed by atoms with Crippen molar-refractivity contribution in [3.8, 4) is 0 Å². The van der Waals surface area contributed by atoms with Gasteiger partial charge in [-0.3, -0.25) is 9.69 Å². The minimum Gasteiger partial charge on any atom is -0.354 e. The molecule has 1 unspecified atom stereocenters. The van der Waals surface area contributed by atoms with Crippen LogP contribution in [0.4, 0.5) is 9.52 Å². The quantitative estimate of drug-likeness (QED) is 0.707. The molecule has 1 atom stereocenters. The first-order chi connectivity index (χ1) is 13.0. The number of alkyl halides is 1. The van der Waals surface area contributed by atoms with Gasteiger partial charge in [-0.05, 0) is 24.6 Å². The zero-order valence-electron chi connectivity index (χ0n) is 15.2. The largest absolute Gasteiger partial charge is 0.354 e. The lowest BCUT2D eigenvalue weighted by molar-refractivity contribution is -0.120. The SMILES string of the molecule is CC(Cl)C(=O)NCCN1CCN(c2nc(Cc3ccc(F)cc3)ns2)CC1. The number of benzene rings is 1. The molecule has 1 aromatic carbocycles. The van der Waals surface area contributed by atoms with Crippen LogP contribution in [0, 0.1) is 5.82 Å². The molecule has 3 rings (SSSR count). The second kappa shape index (κ2) is 9.43. The van der Waals surface area contributed by atoms with Gasteiger partial charge in [0.1, 0.15) is 17.0 Å². The zero-order chi connectivity index (χ0) is 19.2. The van der Waals surface area contributed by atoms with Gasteiger partial charge in [0.2, 0.25) is 11.0 Å². The molecule has 1 aliphatic rings. The van der Waals surface area contributed by atoms with E-state index in [1.165, 1.54) is 23.7 Å². The van der Waals surface area contributed by atoms with E-state index in [9.17, 15) is 9.18 Å². The van der Waals surface area contributed by atoms with E-state index < -0.39 is 5.38 Å². The van der Waals surface area contributed by atoms with Crippen molar-refractivity contribution in [1.82, 2.24) is 19.6 Å². The minimum atomic E-state index is -0.497. The van der Waals surface area contributed by atoms with Crippen LogP contribution < -0.4 is 10.2 Å². The number of aromatic nitrogens is 2. The third-order valence-electron chi connectivity index (χ3n) is 4.46. The smallest absolute Gasteiger partial charge is 0.237 e. The number of nitrogens with one attached hydrogen (secondary N) is 1. The molecule has 1 saturated heterocycles. The molecule has 2 aromatic rings. The topological polar surface area (TPSA) is 61.4 Å². The molecule has 1 aromatic heterocycles. The predicted molar refractivity (Wildman–Crippen MR) is 106 cm³/mol. The van der Waals surface area contributed by atoms with Crippen molar-refractivity contribution in [2.75, 3.05) is 44.2 Å². The molecule has 146 valence electrons. The normalized spacial score (nSPS) is 16.3. The molecule has 0 saturated carbocycles. The number of carbonyl (C=O) groups excluding carboxylic acids is 1. The lowest BCUT2D eigenvalue weighted by atomic mass is 10.1. The zero-order valence-corrected chi connectivity index (χ0v) is 16.8. The molecule has 0 bridgehead atoms. The highest BCUT2D eigenvalue weighted by molar-refractivity contribution is 7.09. The summed E-state index contributed by atoms with van der Waals surface area (Å²) in [5.41, 5.74) is 0.999. The van der Waals surface area contributed by atoms with Gasteiger partial charge in [0.15, 0.2) is 0 Å². The van der Waals surface area contributed by atoms with E-state index in [1.54, 1.807) is 19.1 Å². The Balaban J connectivity index is 1.44. The van der Waals surface area contributed by atoms with Gasteiger partial charge in [-0.25, -0.2) is 9.37 Å². The van der Waals surface area contributed by atoms with Crippen LogP contribution in [0.2, 0.25) is 0 Å². The summed E-state index contributed by atoms with van der Waals surface area (Å²) >= 11 is 7.14. The van der Waals surface area contributed by atoms with E-state index in [-0.39, 0.29) is 11.7 Å². The molecule has 0 aliphatic carbocycles. The second-order valence-electron chi connectivity index (χ2n) is 6.53. The molecular formula is C18H23ClFN5OS. The van der Waals surface area contributed by atoms with Gasteiger partial charge in [-0.1, -0.05) is 12.1 Å². The van der Waals surface area contributed by atoms with Crippen LogP contribution in [0.15, 0.2) is 24.3 Å². The van der Waals surface area contributed by atoms with Crippen LogP contribution in [0.25, 0.3) is 0 Å². The Bertz CT molecular complexity index is 746. The van der Waals surface area contributed by atoms with E-state index in [0.29, 0.717) is 13.0 Å². The van der Waals surface area contributed by atoms with Crippen molar-refractivity contribution in [2.24, 2.45) is 0 Å². The Kier molecular flexibility index (Phi) is 6.98. The fourth-order valence-corrected chi connectivity index (χ4v) is 3.68.